The molecule has 150 valence electrons. The predicted octanol–water partition coefficient (Wildman–Crippen LogP) is 5.77. The van der Waals surface area contributed by atoms with Gasteiger partial charge in [0.25, 0.3) is 0 Å². The summed E-state index contributed by atoms with van der Waals surface area (Å²) in [6.45, 7) is 24.1. The lowest BCUT2D eigenvalue weighted by Gasteiger charge is -2.24. The van der Waals surface area contributed by atoms with Crippen LogP contribution in [0.4, 0.5) is 0 Å². The SMILES string of the molecule is C=C(/C=C\C(=C)C(=C)NC)C(=C)/C=C\C(=C)C(=C)NC(=NC)C1CCCCC1. The molecule has 1 aliphatic carbocycles. The Hall–Kier alpha value is -2.81. The summed E-state index contributed by atoms with van der Waals surface area (Å²) in [5, 5.41) is 6.32. The van der Waals surface area contributed by atoms with Gasteiger partial charge in [-0.25, -0.2) is 0 Å². The van der Waals surface area contributed by atoms with Gasteiger partial charge < -0.3 is 10.6 Å². The zero-order valence-corrected chi connectivity index (χ0v) is 17.6. The maximum atomic E-state index is 4.44. The van der Waals surface area contributed by atoms with E-state index in [0.29, 0.717) is 5.92 Å². The van der Waals surface area contributed by atoms with Gasteiger partial charge in [-0.15, -0.1) is 0 Å². The molecule has 0 aromatic rings. The predicted molar refractivity (Wildman–Crippen MR) is 125 cm³/mol. The fraction of sp³-hybridized carbons (Fsp3) is 0.320. The first-order valence-electron chi connectivity index (χ1n) is 9.72. The lowest BCUT2D eigenvalue weighted by Crippen LogP contribution is -2.31. The third-order valence-electron chi connectivity index (χ3n) is 4.97. The molecule has 0 aromatic heterocycles. The van der Waals surface area contributed by atoms with E-state index < -0.39 is 0 Å². The van der Waals surface area contributed by atoms with E-state index in [1.807, 2.05) is 38.4 Å². The average Bonchev–Trinajstić information content (AvgIpc) is 2.73. The normalized spacial score (nSPS) is 15.4. The first-order chi connectivity index (χ1) is 13.3. The number of likely N-dealkylation sites (N-methyl/N-ethyl adjacent to an activating group) is 1. The van der Waals surface area contributed by atoms with Crippen LogP contribution in [0.25, 0.3) is 0 Å². The molecule has 0 heterocycles. The Morgan fingerprint density at radius 2 is 1.21 bits per heavy atom. The Bertz CT molecular complexity index is 738. The molecule has 3 heteroatoms. The van der Waals surface area contributed by atoms with Crippen molar-refractivity contribution in [2.24, 2.45) is 10.9 Å². The Morgan fingerprint density at radius 1 is 0.750 bits per heavy atom. The summed E-state index contributed by atoms with van der Waals surface area (Å²) in [6.07, 6.45) is 13.7. The second kappa shape index (κ2) is 11.8. The van der Waals surface area contributed by atoms with Crippen molar-refractivity contribution in [3.05, 3.63) is 97.5 Å². The number of allylic oxidation sites excluding steroid dienone is 6. The van der Waals surface area contributed by atoms with Gasteiger partial charge in [0.05, 0.1) is 0 Å². The maximum Gasteiger partial charge on any atom is 0.103 e. The molecule has 0 bridgehead atoms. The van der Waals surface area contributed by atoms with Gasteiger partial charge in [-0.1, -0.05) is 83.0 Å². The highest BCUT2D eigenvalue weighted by atomic mass is 15.0. The largest absolute Gasteiger partial charge is 0.388 e. The molecule has 1 rings (SSSR count). The lowest BCUT2D eigenvalue weighted by atomic mass is 9.88. The summed E-state index contributed by atoms with van der Waals surface area (Å²) in [6, 6.07) is 0. The molecular formula is C25H35N3. The number of rotatable bonds is 10. The molecule has 0 unspecified atom stereocenters. The summed E-state index contributed by atoms with van der Waals surface area (Å²) in [7, 11) is 3.64. The van der Waals surface area contributed by atoms with Crippen LogP contribution in [0.3, 0.4) is 0 Å². The number of amidine groups is 1. The van der Waals surface area contributed by atoms with Crippen LogP contribution in [0.1, 0.15) is 32.1 Å². The fourth-order valence-corrected chi connectivity index (χ4v) is 2.93. The van der Waals surface area contributed by atoms with Gasteiger partial charge in [-0.05, 0) is 35.1 Å². The molecule has 2 N–H and O–H groups in total. The highest BCUT2D eigenvalue weighted by Crippen LogP contribution is 2.25. The minimum absolute atomic E-state index is 0.493. The molecular weight excluding hydrogens is 342 g/mol. The minimum Gasteiger partial charge on any atom is -0.388 e. The van der Waals surface area contributed by atoms with E-state index >= 15 is 0 Å². The van der Waals surface area contributed by atoms with Gasteiger partial charge in [-0.2, -0.15) is 0 Å². The number of aliphatic imine (C=N–C) groups is 1. The van der Waals surface area contributed by atoms with Gasteiger partial charge in [0, 0.05) is 31.4 Å². The number of nitrogens with zero attached hydrogens (tertiary/aromatic N) is 1. The highest BCUT2D eigenvalue weighted by molar-refractivity contribution is 5.86. The standard InChI is InChI=1S/C25H35N3/c1-18(14-16-20(3)22(5)26-7)19(2)15-17-21(4)23(6)28-25(27-8)24-12-10-9-11-13-24/h14-17,24,26H,1-6,9-13H2,7-8H3,(H,27,28)/b16-14-,17-15-. The van der Waals surface area contributed by atoms with Crippen LogP contribution in [0.5, 0.6) is 0 Å². The van der Waals surface area contributed by atoms with E-state index in [4.69, 9.17) is 0 Å². The third kappa shape index (κ3) is 7.43. The maximum absolute atomic E-state index is 4.44. The van der Waals surface area contributed by atoms with Crippen molar-refractivity contribution >= 4 is 5.84 Å². The van der Waals surface area contributed by atoms with Crippen LogP contribution >= 0.6 is 0 Å². The average molecular weight is 378 g/mol. The second-order valence-corrected chi connectivity index (χ2v) is 7.04. The van der Waals surface area contributed by atoms with E-state index in [-0.39, 0.29) is 0 Å². The summed E-state index contributed by atoms with van der Waals surface area (Å²) >= 11 is 0. The fourth-order valence-electron chi connectivity index (χ4n) is 2.93. The van der Waals surface area contributed by atoms with E-state index in [2.05, 4.69) is 55.1 Å². The van der Waals surface area contributed by atoms with E-state index in [9.17, 15) is 0 Å². The molecule has 3 nitrogen and oxygen atoms in total. The molecule has 0 spiro atoms. The van der Waals surface area contributed by atoms with Crippen molar-refractivity contribution in [3.8, 4) is 0 Å². The molecule has 0 aromatic carbocycles. The monoisotopic (exact) mass is 377 g/mol. The Morgan fingerprint density at radius 3 is 1.68 bits per heavy atom. The molecule has 0 atom stereocenters. The quantitative estimate of drug-likeness (QED) is 0.288. The van der Waals surface area contributed by atoms with Gasteiger partial charge in [0.1, 0.15) is 5.84 Å². The number of hydrogen-bond donors (Lipinski definition) is 2. The second-order valence-electron chi connectivity index (χ2n) is 7.04. The van der Waals surface area contributed by atoms with Crippen LogP contribution in [0.2, 0.25) is 0 Å². The van der Waals surface area contributed by atoms with Crippen molar-refractivity contribution in [1.82, 2.24) is 10.6 Å². The van der Waals surface area contributed by atoms with E-state index in [0.717, 1.165) is 39.5 Å². The first-order valence-corrected chi connectivity index (χ1v) is 9.72. The Labute approximate surface area is 171 Å². The van der Waals surface area contributed by atoms with Crippen LogP contribution in [0, 0.1) is 5.92 Å². The van der Waals surface area contributed by atoms with Crippen LogP contribution in [-0.4, -0.2) is 19.9 Å². The third-order valence-corrected chi connectivity index (χ3v) is 4.97. The first kappa shape index (κ1) is 23.2. The highest BCUT2D eigenvalue weighted by Gasteiger charge is 2.19. The molecule has 28 heavy (non-hydrogen) atoms. The van der Waals surface area contributed by atoms with E-state index in [1.165, 1.54) is 32.1 Å². The lowest BCUT2D eigenvalue weighted by molar-refractivity contribution is 0.433. The topological polar surface area (TPSA) is 36.4 Å². The van der Waals surface area contributed by atoms with Crippen molar-refractivity contribution in [1.29, 1.82) is 0 Å². The van der Waals surface area contributed by atoms with Gasteiger partial charge in [0.15, 0.2) is 0 Å². The summed E-state index contributed by atoms with van der Waals surface area (Å²) in [5.41, 5.74) is 4.72. The van der Waals surface area contributed by atoms with Crippen molar-refractivity contribution in [2.45, 2.75) is 32.1 Å². The molecule has 0 saturated heterocycles. The molecule has 1 fully saturated rings. The zero-order valence-electron chi connectivity index (χ0n) is 17.6. The van der Waals surface area contributed by atoms with Gasteiger partial charge >= 0.3 is 0 Å². The molecule has 1 saturated carbocycles. The van der Waals surface area contributed by atoms with Gasteiger partial charge in [0.2, 0.25) is 0 Å². The molecule has 0 amide bonds. The van der Waals surface area contributed by atoms with E-state index in [1.54, 1.807) is 0 Å². The minimum atomic E-state index is 0.493. The van der Waals surface area contributed by atoms with Crippen LogP contribution in [-0.2, 0) is 0 Å². The molecule has 1 aliphatic rings. The number of hydrogen-bond acceptors (Lipinski definition) is 2. The Balaban J connectivity index is 2.61. The zero-order chi connectivity index (χ0) is 21.1. The van der Waals surface area contributed by atoms with Crippen molar-refractivity contribution in [3.63, 3.8) is 0 Å². The number of nitrogens with one attached hydrogen (secondary N) is 2. The Kier molecular flexibility index (Phi) is 9.80. The smallest absolute Gasteiger partial charge is 0.103 e. The summed E-state index contributed by atoms with van der Waals surface area (Å²) in [5.74, 6) is 1.50. The van der Waals surface area contributed by atoms with Crippen LogP contribution < -0.4 is 10.6 Å². The van der Waals surface area contributed by atoms with Crippen LogP contribution in [0.15, 0.2) is 102 Å². The summed E-state index contributed by atoms with van der Waals surface area (Å²) in [4.78, 5) is 4.44. The molecule has 0 aliphatic heterocycles. The summed E-state index contributed by atoms with van der Waals surface area (Å²) < 4.78 is 0. The van der Waals surface area contributed by atoms with Crippen molar-refractivity contribution < 1.29 is 0 Å². The molecule has 0 radical (unpaired) electrons. The van der Waals surface area contributed by atoms with Crippen molar-refractivity contribution in [2.75, 3.05) is 14.1 Å². The van der Waals surface area contributed by atoms with Gasteiger partial charge in [-0.3, -0.25) is 4.99 Å².